The first-order chi connectivity index (χ1) is 15.5. The maximum atomic E-state index is 6.40. The Morgan fingerprint density at radius 1 is 0.938 bits per heavy atom. The Hall–Kier alpha value is -2.53. The second-order valence-corrected chi connectivity index (χ2v) is 8.97. The molecule has 0 fully saturated rings. The first-order valence-corrected chi connectivity index (χ1v) is 11.4. The topological polar surface area (TPSA) is 39.7 Å². The van der Waals surface area contributed by atoms with Crippen LogP contribution >= 0.6 is 11.6 Å². The van der Waals surface area contributed by atoms with Crippen LogP contribution in [0.25, 0.3) is 0 Å². The smallest absolute Gasteiger partial charge is 0.132 e. The Kier molecular flexibility index (Phi) is 7.04. The predicted molar refractivity (Wildman–Crippen MR) is 129 cm³/mol. The largest absolute Gasteiger partial charge is 0.485 e. The lowest BCUT2D eigenvalue weighted by Gasteiger charge is -2.44. The number of hydrogen-bond donors (Lipinski definition) is 1. The zero-order valence-electron chi connectivity index (χ0n) is 18.8. The third-order valence-electron chi connectivity index (χ3n) is 5.65. The summed E-state index contributed by atoms with van der Waals surface area (Å²) in [6, 6.07) is 24.3. The highest BCUT2D eigenvalue weighted by atomic mass is 35.5. The van der Waals surface area contributed by atoms with Crippen LogP contribution in [0, 0.1) is 0 Å². The molecular formula is C27H30ClNO3. The van der Waals surface area contributed by atoms with Crippen LogP contribution in [-0.4, -0.2) is 18.3 Å². The number of rotatable bonds is 8. The average molecular weight is 452 g/mol. The molecular weight excluding hydrogens is 422 g/mol. The van der Waals surface area contributed by atoms with Gasteiger partial charge in [-0.05, 0) is 62.2 Å². The van der Waals surface area contributed by atoms with Crippen LogP contribution in [0.5, 0.6) is 5.75 Å². The van der Waals surface area contributed by atoms with Gasteiger partial charge in [0, 0.05) is 29.4 Å². The van der Waals surface area contributed by atoms with E-state index >= 15 is 0 Å². The van der Waals surface area contributed by atoms with E-state index in [1.807, 2.05) is 75.4 Å². The van der Waals surface area contributed by atoms with Gasteiger partial charge < -0.3 is 19.5 Å². The summed E-state index contributed by atoms with van der Waals surface area (Å²) in [5, 5.41) is 4.21. The minimum Gasteiger partial charge on any atom is -0.485 e. The Morgan fingerprint density at radius 2 is 1.72 bits per heavy atom. The number of nitrogens with one attached hydrogen (secondary N) is 1. The molecule has 2 unspecified atom stereocenters. The molecule has 0 saturated heterocycles. The molecule has 5 heteroatoms. The fourth-order valence-electron chi connectivity index (χ4n) is 4.10. The van der Waals surface area contributed by atoms with E-state index in [2.05, 4.69) is 23.5 Å². The molecule has 4 nitrogen and oxygen atoms in total. The van der Waals surface area contributed by atoms with Crippen LogP contribution in [-0.2, 0) is 22.6 Å². The van der Waals surface area contributed by atoms with Crippen LogP contribution in [0.3, 0.4) is 0 Å². The summed E-state index contributed by atoms with van der Waals surface area (Å²) in [5.41, 5.74) is 3.72. The van der Waals surface area contributed by atoms with Crippen LogP contribution in [0.1, 0.15) is 43.6 Å². The van der Waals surface area contributed by atoms with Gasteiger partial charge >= 0.3 is 0 Å². The van der Waals surface area contributed by atoms with Gasteiger partial charge in [-0.15, -0.1) is 0 Å². The second-order valence-electron chi connectivity index (χ2n) is 8.53. The molecule has 0 aliphatic carbocycles. The van der Waals surface area contributed by atoms with Gasteiger partial charge in [0.15, 0.2) is 0 Å². The number of fused-ring (bicyclic) bond motifs is 1. The molecule has 4 rings (SSSR count). The van der Waals surface area contributed by atoms with Gasteiger partial charge in [-0.2, -0.15) is 0 Å². The highest BCUT2D eigenvalue weighted by Gasteiger charge is 2.45. The number of halogens is 1. The average Bonchev–Trinajstić information content (AvgIpc) is 2.78. The summed E-state index contributed by atoms with van der Waals surface area (Å²) in [5.74, 6) is 0.835. The van der Waals surface area contributed by atoms with Crippen molar-refractivity contribution in [2.75, 3.05) is 11.9 Å². The lowest BCUT2D eigenvalue weighted by molar-refractivity contribution is -0.165. The zero-order valence-corrected chi connectivity index (χ0v) is 19.6. The Morgan fingerprint density at radius 3 is 2.47 bits per heavy atom. The van der Waals surface area contributed by atoms with Crippen LogP contribution < -0.4 is 10.1 Å². The van der Waals surface area contributed by atoms with Crippen molar-refractivity contribution >= 4 is 17.3 Å². The van der Waals surface area contributed by atoms with Crippen molar-refractivity contribution in [3.05, 3.63) is 94.5 Å². The van der Waals surface area contributed by atoms with Crippen molar-refractivity contribution in [3.63, 3.8) is 0 Å². The third kappa shape index (κ3) is 5.26. The van der Waals surface area contributed by atoms with E-state index in [1.165, 1.54) is 5.56 Å². The van der Waals surface area contributed by atoms with E-state index in [-0.39, 0.29) is 12.2 Å². The fourth-order valence-corrected chi connectivity index (χ4v) is 4.31. The van der Waals surface area contributed by atoms with Gasteiger partial charge in [-0.3, -0.25) is 0 Å². The summed E-state index contributed by atoms with van der Waals surface area (Å²) in [6.07, 6.45) is -0.519. The molecule has 1 aliphatic rings. The highest BCUT2D eigenvalue weighted by Crippen LogP contribution is 2.44. The molecule has 0 aromatic heterocycles. The van der Waals surface area contributed by atoms with Crippen molar-refractivity contribution < 1.29 is 14.2 Å². The van der Waals surface area contributed by atoms with Gasteiger partial charge in [0.25, 0.3) is 0 Å². The molecule has 1 heterocycles. The van der Waals surface area contributed by atoms with E-state index in [0.717, 1.165) is 29.1 Å². The maximum absolute atomic E-state index is 6.40. The van der Waals surface area contributed by atoms with Crippen molar-refractivity contribution in [3.8, 4) is 5.75 Å². The summed E-state index contributed by atoms with van der Waals surface area (Å²) in [6.45, 7) is 7.87. The Balaban J connectivity index is 1.56. The number of ether oxygens (including phenoxy) is 3. The van der Waals surface area contributed by atoms with Crippen molar-refractivity contribution in [2.45, 2.75) is 51.7 Å². The third-order valence-corrected chi connectivity index (χ3v) is 5.89. The number of benzene rings is 3. The lowest BCUT2D eigenvalue weighted by Crippen LogP contribution is -2.51. The van der Waals surface area contributed by atoms with E-state index in [0.29, 0.717) is 18.2 Å². The van der Waals surface area contributed by atoms with Crippen molar-refractivity contribution in [1.82, 2.24) is 0 Å². The Labute approximate surface area is 195 Å². The molecule has 1 aliphatic heterocycles. The summed E-state index contributed by atoms with van der Waals surface area (Å²) < 4.78 is 19.0. The molecule has 0 saturated carbocycles. The van der Waals surface area contributed by atoms with E-state index in [1.54, 1.807) is 0 Å². The highest BCUT2D eigenvalue weighted by molar-refractivity contribution is 6.30. The minimum absolute atomic E-state index is 0.239. The molecule has 32 heavy (non-hydrogen) atoms. The lowest BCUT2D eigenvalue weighted by atomic mass is 9.87. The molecule has 0 radical (unpaired) electrons. The minimum atomic E-state index is -0.551. The predicted octanol–water partition coefficient (Wildman–Crippen LogP) is 6.79. The van der Waals surface area contributed by atoms with Crippen molar-refractivity contribution in [2.24, 2.45) is 0 Å². The standard InChI is InChI=1S/C27H30ClNO3/c1-4-30-25-23-16-22(29-17-19-9-6-5-7-10-19)13-14-24(23)32-27(2,3)26(25)31-18-20-11-8-12-21(28)15-20/h5-16,25-26,29H,4,17-18H2,1-3H3. The quantitative estimate of drug-likeness (QED) is 0.409. The SMILES string of the molecule is CCOC1c2cc(NCc3ccccc3)ccc2OC(C)(C)C1OCc1cccc(Cl)c1. The van der Waals surface area contributed by atoms with Crippen LogP contribution in [0.4, 0.5) is 5.69 Å². The van der Waals surface area contributed by atoms with Gasteiger partial charge in [0.05, 0.1) is 6.61 Å². The van der Waals surface area contributed by atoms with Gasteiger partial charge in [0.1, 0.15) is 23.6 Å². The van der Waals surface area contributed by atoms with E-state index < -0.39 is 5.60 Å². The van der Waals surface area contributed by atoms with Crippen molar-refractivity contribution in [1.29, 1.82) is 0 Å². The summed E-state index contributed by atoms with van der Waals surface area (Å²) in [4.78, 5) is 0. The Bertz CT molecular complexity index is 1040. The first-order valence-electron chi connectivity index (χ1n) is 11.0. The number of hydrogen-bond acceptors (Lipinski definition) is 4. The fraction of sp³-hybridized carbons (Fsp3) is 0.333. The second kappa shape index (κ2) is 9.95. The summed E-state index contributed by atoms with van der Waals surface area (Å²) >= 11 is 6.15. The van der Waals surface area contributed by atoms with Crippen LogP contribution in [0.2, 0.25) is 5.02 Å². The first kappa shape index (κ1) is 22.7. The van der Waals surface area contributed by atoms with Crippen LogP contribution in [0.15, 0.2) is 72.8 Å². The zero-order chi connectivity index (χ0) is 22.6. The molecule has 3 aromatic rings. The van der Waals surface area contributed by atoms with E-state index in [9.17, 15) is 0 Å². The van der Waals surface area contributed by atoms with E-state index in [4.69, 9.17) is 25.8 Å². The molecule has 0 spiro atoms. The van der Waals surface area contributed by atoms with Gasteiger partial charge in [0.2, 0.25) is 0 Å². The molecule has 2 atom stereocenters. The number of anilines is 1. The maximum Gasteiger partial charge on any atom is 0.132 e. The monoisotopic (exact) mass is 451 g/mol. The van der Waals surface area contributed by atoms with Gasteiger partial charge in [-0.25, -0.2) is 0 Å². The van der Waals surface area contributed by atoms with Gasteiger partial charge in [-0.1, -0.05) is 54.1 Å². The molecule has 1 N–H and O–H groups in total. The summed E-state index contributed by atoms with van der Waals surface area (Å²) in [7, 11) is 0. The normalized spacial score (nSPS) is 19.1. The molecule has 168 valence electrons. The molecule has 0 bridgehead atoms. The molecule has 3 aromatic carbocycles. The molecule has 0 amide bonds.